The minimum atomic E-state index is 0.0468. The topological polar surface area (TPSA) is 32.3 Å². The summed E-state index contributed by atoms with van der Waals surface area (Å²) in [6, 6.07) is 15.0. The van der Waals surface area contributed by atoms with E-state index in [1.807, 2.05) is 33.0 Å². The zero-order chi connectivity index (χ0) is 16.4. The lowest BCUT2D eigenvalue weighted by Gasteiger charge is -2.24. The van der Waals surface area contributed by atoms with Gasteiger partial charge in [-0.3, -0.25) is 9.69 Å². The van der Waals surface area contributed by atoms with Gasteiger partial charge in [-0.1, -0.05) is 36.4 Å². The van der Waals surface area contributed by atoms with Crippen LogP contribution in [-0.2, 0) is 11.2 Å². The van der Waals surface area contributed by atoms with Gasteiger partial charge in [-0.2, -0.15) is 0 Å². The van der Waals surface area contributed by atoms with Crippen molar-refractivity contribution in [3.05, 3.63) is 64.7 Å². The molecule has 3 nitrogen and oxygen atoms in total. The Morgan fingerprint density at radius 3 is 2.83 bits per heavy atom. The van der Waals surface area contributed by atoms with Crippen LogP contribution in [0.1, 0.15) is 34.7 Å². The minimum absolute atomic E-state index is 0.0468. The Hall–Kier alpha value is -2.13. The van der Waals surface area contributed by atoms with E-state index in [9.17, 15) is 4.79 Å². The summed E-state index contributed by atoms with van der Waals surface area (Å²) in [6.07, 6.45) is 2.19. The maximum absolute atomic E-state index is 12.4. The third-order valence-corrected chi connectivity index (χ3v) is 4.69. The van der Waals surface area contributed by atoms with Crippen LogP contribution < -0.4 is 5.32 Å². The highest BCUT2D eigenvalue weighted by Crippen LogP contribution is 2.34. The lowest BCUT2D eigenvalue weighted by atomic mass is 10.1. The third kappa shape index (κ3) is 3.45. The molecular formula is C20H24N2O. The van der Waals surface area contributed by atoms with E-state index in [0.717, 1.165) is 29.7 Å². The number of amides is 1. The Labute approximate surface area is 138 Å². The number of anilines is 1. The molecule has 120 valence electrons. The van der Waals surface area contributed by atoms with Gasteiger partial charge < -0.3 is 5.32 Å². The molecule has 0 saturated carbocycles. The standard InChI is InChI=1S/C20H24N2O/c1-14-8-9-15(2)18(12-14)21-20(23)13-22(3)19-11-10-16-6-4-5-7-17(16)19/h4-9,12,19H,10-11,13H2,1-3H3,(H,21,23)/t19-/m1/s1. The maximum Gasteiger partial charge on any atom is 0.238 e. The molecule has 0 heterocycles. The highest BCUT2D eigenvalue weighted by atomic mass is 16.2. The summed E-state index contributed by atoms with van der Waals surface area (Å²) >= 11 is 0. The molecule has 1 atom stereocenters. The number of nitrogens with one attached hydrogen (secondary N) is 1. The number of hydrogen-bond donors (Lipinski definition) is 1. The van der Waals surface area contributed by atoms with Gasteiger partial charge in [0.25, 0.3) is 0 Å². The summed E-state index contributed by atoms with van der Waals surface area (Å²) < 4.78 is 0. The van der Waals surface area contributed by atoms with Crippen LogP contribution in [-0.4, -0.2) is 24.4 Å². The number of rotatable bonds is 4. The highest BCUT2D eigenvalue weighted by Gasteiger charge is 2.26. The summed E-state index contributed by atoms with van der Waals surface area (Å²) in [7, 11) is 2.04. The summed E-state index contributed by atoms with van der Waals surface area (Å²) in [6.45, 7) is 4.47. The second-order valence-electron chi connectivity index (χ2n) is 6.53. The van der Waals surface area contributed by atoms with Crippen molar-refractivity contribution in [1.29, 1.82) is 0 Å². The van der Waals surface area contributed by atoms with Gasteiger partial charge in [0.1, 0.15) is 0 Å². The Morgan fingerprint density at radius 2 is 2.00 bits per heavy atom. The molecule has 2 aromatic rings. The molecule has 2 aromatic carbocycles. The quantitative estimate of drug-likeness (QED) is 0.930. The van der Waals surface area contributed by atoms with Crippen molar-refractivity contribution >= 4 is 11.6 Å². The normalized spacial score (nSPS) is 16.4. The van der Waals surface area contributed by atoms with E-state index in [0.29, 0.717) is 12.6 Å². The first-order chi connectivity index (χ1) is 11.0. The summed E-state index contributed by atoms with van der Waals surface area (Å²) in [5.74, 6) is 0.0468. The number of likely N-dealkylation sites (N-methyl/N-ethyl adjacent to an activating group) is 1. The van der Waals surface area contributed by atoms with Crippen LogP contribution in [0.15, 0.2) is 42.5 Å². The second kappa shape index (κ2) is 6.55. The van der Waals surface area contributed by atoms with E-state index in [4.69, 9.17) is 0 Å². The zero-order valence-corrected chi connectivity index (χ0v) is 14.1. The number of carbonyl (C=O) groups is 1. The molecule has 0 saturated heterocycles. The van der Waals surface area contributed by atoms with Gasteiger partial charge in [0.2, 0.25) is 5.91 Å². The van der Waals surface area contributed by atoms with Crippen molar-refractivity contribution in [2.24, 2.45) is 0 Å². The fourth-order valence-corrected chi connectivity index (χ4v) is 3.39. The number of fused-ring (bicyclic) bond motifs is 1. The van der Waals surface area contributed by atoms with Crippen LogP contribution in [0.5, 0.6) is 0 Å². The van der Waals surface area contributed by atoms with Crippen LogP contribution in [0, 0.1) is 13.8 Å². The fourth-order valence-electron chi connectivity index (χ4n) is 3.39. The molecule has 0 aromatic heterocycles. The Bertz CT molecular complexity index is 723. The van der Waals surface area contributed by atoms with E-state index in [-0.39, 0.29) is 5.91 Å². The molecule has 0 unspecified atom stereocenters. The van der Waals surface area contributed by atoms with Crippen LogP contribution in [0.25, 0.3) is 0 Å². The predicted molar refractivity (Wildman–Crippen MR) is 94.7 cm³/mol. The Kier molecular flexibility index (Phi) is 4.49. The monoisotopic (exact) mass is 308 g/mol. The average Bonchev–Trinajstić information content (AvgIpc) is 2.95. The van der Waals surface area contributed by atoms with Gasteiger partial charge in [0, 0.05) is 11.7 Å². The first kappa shape index (κ1) is 15.8. The SMILES string of the molecule is Cc1ccc(C)c(NC(=O)CN(C)[C@@H]2CCc3ccccc32)c1. The molecule has 1 N–H and O–H groups in total. The molecule has 3 heteroatoms. The maximum atomic E-state index is 12.4. The van der Waals surface area contributed by atoms with E-state index in [2.05, 4.69) is 40.5 Å². The van der Waals surface area contributed by atoms with Gasteiger partial charge in [0.15, 0.2) is 0 Å². The van der Waals surface area contributed by atoms with E-state index in [1.54, 1.807) is 0 Å². The fraction of sp³-hybridized carbons (Fsp3) is 0.350. The molecule has 0 fully saturated rings. The number of benzene rings is 2. The molecule has 0 aliphatic heterocycles. The Morgan fingerprint density at radius 1 is 1.22 bits per heavy atom. The lowest BCUT2D eigenvalue weighted by molar-refractivity contribution is -0.117. The molecule has 23 heavy (non-hydrogen) atoms. The summed E-state index contributed by atoms with van der Waals surface area (Å²) in [5, 5.41) is 3.05. The number of aryl methyl sites for hydroxylation is 3. The lowest BCUT2D eigenvalue weighted by Crippen LogP contribution is -2.32. The van der Waals surface area contributed by atoms with E-state index < -0.39 is 0 Å². The largest absolute Gasteiger partial charge is 0.325 e. The van der Waals surface area contributed by atoms with Crippen molar-refractivity contribution < 1.29 is 4.79 Å². The summed E-state index contributed by atoms with van der Waals surface area (Å²) in [4.78, 5) is 14.6. The van der Waals surface area contributed by atoms with E-state index in [1.165, 1.54) is 11.1 Å². The Balaban J connectivity index is 1.65. The van der Waals surface area contributed by atoms with Crippen molar-refractivity contribution in [1.82, 2.24) is 4.90 Å². The summed E-state index contributed by atoms with van der Waals surface area (Å²) in [5.41, 5.74) is 5.95. The molecule has 0 radical (unpaired) electrons. The first-order valence-electron chi connectivity index (χ1n) is 8.20. The smallest absolute Gasteiger partial charge is 0.238 e. The highest BCUT2D eigenvalue weighted by molar-refractivity contribution is 5.93. The van der Waals surface area contributed by atoms with Crippen molar-refractivity contribution in [2.75, 3.05) is 18.9 Å². The molecule has 1 amide bonds. The van der Waals surface area contributed by atoms with Gasteiger partial charge >= 0.3 is 0 Å². The van der Waals surface area contributed by atoms with Crippen molar-refractivity contribution in [2.45, 2.75) is 32.7 Å². The van der Waals surface area contributed by atoms with Crippen LogP contribution >= 0.6 is 0 Å². The van der Waals surface area contributed by atoms with Gasteiger partial charge in [-0.05, 0) is 62.1 Å². The van der Waals surface area contributed by atoms with E-state index >= 15 is 0 Å². The first-order valence-corrected chi connectivity index (χ1v) is 8.20. The molecule has 0 spiro atoms. The molecular weight excluding hydrogens is 284 g/mol. The number of carbonyl (C=O) groups excluding carboxylic acids is 1. The minimum Gasteiger partial charge on any atom is -0.325 e. The predicted octanol–water partition coefficient (Wildman–Crippen LogP) is 3.86. The molecule has 1 aliphatic carbocycles. The van der Waals surface area contributed by atoms with Crippen LogP contribution in [0.4, 0.5) is 5.69 Å². The zero-order valence-electron chi connectivity index (χ0n) is 14.1. The van der Waals surface area contributed by atoms with Gasteiger partial charge in [-0.15, -0.1) is 0 Å². The second-order valence-corrected chi connectivity index (χ2v) is 6.53. The number of nitrogens with zero attached hydrogens (tertiary/aromatic N) is 1. The average molecular weight is 308 g/mol. The molecule has 3 rings (SSSR count). The van der Waals surface area contributed by atoms with Crippen LogP contribution in [0.3, 0.4) is 0 Å². The molecule has 1 aliphatic rings. The van der Waals surface area contributed by atoms with Gasteiger partial charge in [-0.25, -0.2) is 0 Å². The van der Waals surface area contributed by atoms with Gasteiger partial charge in [0.05, 0.1) is 6.54 Å². The van der Waals surface area contributed by atoms with Crippen molar-refractivity contribution in [3.8, 4) is 0 Å². The van der Waals surface area contributed by atoms with Crippen LogP contribution in [0.2, 0.25) is 0 Å². The molecule has 0 bridgehead atoms. The van der Waals surface area contributed by atoms with Crippen molar-refractivity contribution in [3.63, 3.8) is 0 Å². The number of hydrogen-bond acceptors (Lipinski definition) is 2. The third-order valence-electron chi connectivity index (χ3n) is 4.69.